The molecule has 34 heavy (non-hydrogen) atoms. The number of methoxy groups -OCH3 is 1. The number of nitrogens with zero attached hydrogens (tertiary/aromatic N) is 5. The van der Waals surface area contributed by atoms with Gasteiger partial charge in [0.25, 0.3) is 0 Å². The first-order valence-corrected chi connectivity index (χ1v) is 11.8. The molecular formula is C27H31N5O2. The highest BCUT2D eigenvalue weighted by Crippen LogP contribution is 2.36. The lowest BCUT2D eigenvalue weighted by atomic mass is 10.1. The van der Waals surface area contributed by atoms with Crippen molar-refractivity contribution < 1.29 is 9.47 Å². The van der Waals surface area contributed by atoms with Gasteiger partial charge in [-0.15, -0.1) is 5.10 Å². The van der Waals surface area contributed by atoms with E-state index in [1.165, 1.54) is 5.69 Å². The van der Waals surface area contributed by atoms with Crippen LogP contribution in [0, 0.1) is 13.8 Å². The Morgan fingerprint density at radius 2 is 1.65 bits per heavy atom. The van der Waals surface area contributed by atoms with E-state index in [4.69, 9.17) is 9.47 Å². The van der Waals surface area contributed by atoms with Crippen molar-refractivity contribution in [2.24, 2.45) is 0 Å². The van der Waals surface area contributed by atoms with Gasteiger partial charge in [0.05, 0.1) is 25.1 Å². The number of piperazine rings is 1. The van der Waals surface area contributed by atoms with Gasteiger partial charge in [0.15, 0.2) is 5.82 Å². The molecule has 176 valence electrons. The summed E-state index contributed by atoms with van der Waals surface area (Å²) in [4.78, 5) is 4.79. The lowest BCUT2D eigenvalue weighted by Crippen LogP contribution is -2.47. The summed E-state index contributed by atoms with van der Waals surface area (Å²) < 4.78 is 13.6. The number of fused-ring (bicyclic) bond motifs is 1. The van der Waals surface area contributed by atoms with E-state index in [1.54, 1.807) is 7.11 Å². The van der Waals surface area contributed by atoms with Crippen LogP contribution in [0.2, 0.25) is 0 Å². The van der Waals surface area contributed by atoms with Crippen molar-refractivity contribution in [1.82, 2.24) is 14.8 Å². The monoisotopic (exact) mass is 457 g/mol. The Balaban J connectivity index is 1.51. The van der Waals surface area contributed by atoms with Crippen LogP contribution in [0.3, 0.4) is 0 Å². The van der Waals surface area contributed by atoms with Crippen molar-refractivity contribution in [1.29, 1.82) is 0 Å². The van der Waals surface area contributed by atoms with Crippen LogP contribution in [0.15, 0.2) is 54.7 Å². The predicted octanol–water partition coefficient (Wildman–Crippen LogP) is 4.77. The van der Waals surface area contributed by atoms with Crippen LogP contribution in [-0.4, -0.2) is 54.7 Å². The molecule has 2 aromatic heterocycles. The minimum atomic E-state index is 0.617. The summed E-state index contributed by atoms with van der Waals surface area (Å²) in [5.74, 6) is 2.52. The van der Waals surface area contributed by atoms with Crippen molar-refractivity contribution in [3.05, 3.63) is 66.1 Å². The first-order chi connectivity index (χ1) is 16.6. The normalized spacial score (nSPS) is 14.0. The molecule has 0 aliphatic carbocycles. The molecular weight excluding hydrogens is 426 g/mol. The number of anilines is 2. The Kier molecular flexibility index (Phi) is 6.01. The standard InChI is InChI=1S/C27H31N5O2/c1-5-34-22-11-12-24(25(17-22)33-4)32-18-23-19(2)28-29-27(26(23)20(32)3)31-15-13-30(14-16-31)21-9-7-6-8-10-21/h6-12,17-18H,5,13-16H2,1-4H3. The molecule has 1 aliphatic heterocycles. The van der Waals surface area contributed by atoms with Crippen LogP contribution in [-0.2, 0) is 0 Å². The topological polar surface area (TPSA) is 55.7 Å². The minimum absolute atomic E-state index is 0.617. The van der Waals surface area contributed by atoms with E-state index in [9.17, 15) is 0 Å². The summed E-state index contributed by atoms with van der Waals surface area (Å²) in [5, 5.41) is 11.5. The van der Waals surface area contributed by atoms with Gasteiger partial charge in [0.2, 0.25) is 0 Å². The smallest absolute Gasteiger partial charge is 0.161 e. The maximum atomic E-state index is 5.72. The molecule has 1 aliphatic rings. The molecule has 0 radical (unpaired) electrons. The Morgan fingerprint density at radius 3 is 2.35 bits per heavy atom. The van der Waals surface area contributed by atoms with Gasteiger partial charge >= 0.3 is 0 Å². The van der Waals surface area contributed by atoms with Crippen LogP contribution in [0.4, 0.5) is 11.5 Å². The Morgan fingerprint density at radius 1 is 0.912 bits per heavy atom. The Labute approximate surface area is 200 Å². The highest BCUT2D eigenvalue weighted by molar-refractivity contribution is 5.96. The molecule has 3 heterocycles. The summed E-state index contributed by atoms with van der Waals surface area (Å²) >= 11 is 0. The van der Waals surface area contributed by atoms with Gasteiger partial charge in [-0.05, 0) is 45.0 Å². The maximum Gasteiger partial charge on any atom is 0.161 e. The molecule has 0 bridgehead atoms. The third kappa shape index (κ3) is 3.91. The van der Waals surface area contributed by atoms with Crippen LogP contribution >= 0.6 is 0 Å². The molecule has 0 atom stereocenters. The van der Waals surface area contributed by atoms with E-state index in [0.29, 0.717) is 6.61 Å². The largest absolute Gasteiger partial charge is 0.494 e. The molecule has 0 N–H and O–H groups in total. The van der Waals surface area contributed by atoms with E-state index >= 15 is 0 Å². The van der Waals surface area contributed by atoms with E-state index in [0.717, 1.165) is 71.3 Å². The van der Waals surface area contributed by atoms with Crippen molar-refractivity contribution in [2.75, 3.05) is 49.7 Å². The van der Waals surface area contributed by atoms with Gasteiger partial charge in [0.1, 0.15) is 11.5 Å². The molecule has 0 unspecified atom stereocenters. The number of rotatable bonds is 6. The van der Waals surface area contributed by atoms with Crippen molar-refractivity contribution >= 4 is 22.3 Å². The molecule has 5 rings (SSSR count). The number of aromatic nitrogens is 3. The first-order valence-electron chi connectivity index (χ1n) is 11.8. The second kappa shape index (κ2) is 9.25. The Hall–Kier alpha value is -3.74. The summed E-state index contributed by atoms with van der Waals surface area (Å²) in [6.07, 6.45) is 2.15. The lowest BCUT2D eigenvalue weighted by Gasteiger charge is -2.36. The van der Waals surface area contributed by atoms with E-state index < -0.39 is 0 Å². The van der Waals surface area contributed by atoms with E-state index in [2.05, 4.69) is 68.0 Å². The highest BCUT2D eigenvalue weighted by Gasteiger charge is 2.24. The van der Waals surface area contributed by atoms with Gasteiger partial charge in [-0.1, -0.05) is 18.2 Å². The van der Waals surface area contributed by atoms with Crippen LogP contribution in [0.25, 0.3) is 16.5 Å². The van der Waals surface area contributed by atoms with Gasteiger partial charge in [0, 0.05) is 60.6 Å². The van der Waals surface area contributed by atoms with Gasteiger partial charge in [-0.25, -0.2) is 0 Å². The van der Waals surface area contributed by atoms with Gasteiger partial charge in [-0.2, -0.15) is 5.10 Å². The van der Waals surface area contributed by atoms with E-state index in [1.807, 2.05) is 32.0 Å². The first kappa shape index (κ1) is 22.1. The molecule has 0 amide bonds. The SMILES string of the molecule is CCOc1ccc(-n2cc3c(C)nnc(N4CCN(c5ccccc5)CC4)c3c2C)c(OC)c1. The van der Waals surface area contributed by atoms with Crippen LogP contribution < -0.4 is 19.3 Å². The zero-order chi connectivity index (χ0) is 23.7. The second-order valence-electron chi connectivity index (χ2n) is 8.56. The van der Waals surface area contributed by atoms with Crippen molar-refractivity contribution in [2.45, 2.75) is 20.8 Å². The summed E-state index contributed by atoms with van der Waals surface area (Å²) in [5.41, 5.74) is 4.29. The highest BCUT2D eigenvalue weighted by atomic mass is 16.5. The van der Waals surface area contributed by atoms with Crippen LogP contribution in [0.5, 0.6) is 11.5 Å². The van der Waals surface area contributed by atoms with Crippen LogP contribution in [0.1, 0.15) is 18.3 Å². The third-order valence-electron chi connectivity index (χ3n) is 6.58. The number of aryl methyl sites for hydroxylation is 2. The Bertz CT molecular complexity index is 1290. The fourth-order valence-corrected chi connectivity index (χ4v) is 4.79. The number of hydrogen-bond donors (Lipinski definition) is 0. The molecule has 1 fully saturated rings. The molecule has 2 aromatic carbocycles. The van der Waals surface area contributed by atoms with E-state index in [-0.39, 0.29) is 0 Å². The van der Waals surface area contributed by atoms with Crippen molar-refractivity contribution in [3.8, 4) is 17.2 Å². The summed E-state index contributed by atoms with van der Waals surface area (Å²) in [6, 6.07) is 16.6. The van der Waals surface area contributed by atoms with Gasteiger partial charge < -0.3 is 23.8 Å². The molecule has 7 heteroatoms. The fourth-order valence-electron chi connectivity index (χ4n) is 4.79. The second-order valence-corrected chi connectivity index (χ2v) is 8.56. The number of hydrogen-bond acceptors (Lipinski definition) is 6. The zero-order valence-corrected chi connectivity index (χ0v) is 20.3. The lowest BCUT2D eigenvalue weighted by molar-refractivity contribution is 0.336. The van der Waals surface area contributed by atoms with Crippen molar-refractivity contribution in [3.63, 3.8) is 0 Å². The van der Waals surface area contributed by atoms with Gasteiger partial charge in [-0.3, -0.25) is 0 Å². The predicted molar refractivity (Wildman–Crippen MR) is 137 cm³/mol. The number of ether oxygens (including phenoxy) is 2. The summed E-state index contributed by atoms with van der Waals surface area (Å²) in [6.45, 7) is 10.5. The maximum absolute atomic E-state index is 5.72. The average molecular weight is 458 g/mol. The molecule has 0 spiro atoms. The summed E-state index contributed by atoms with van der Waals surface area (Å²) in [7, 11) is 1.69. The third-order valence-corrected chi connectivity index (χ3v) is 6.58. The minimum Gasteiger partial charge on any atom is -0.494 e. The number of para-hydroxylation sites is 1. The number of benzene rings is 2. The quantitative estimate of drug-likeness (QED) is 0.416. The molecule has 4 aromatic rings. The molecule has 1 saturated heterocycles. The molecule has 7 nitrogen and oxygen atoms in total. The zero-order valence-electron chi connectivity index (χ0n) is 20.3. The molecule has 0 saturated carbocycles. The average Bonchev–Trinajstić information content (AvgIpc) is 3.23. The fraction of sp³-hybridized carbons (Fsp3) is 0.333.